The van der Waals surface area contributed by atoms with Crippen LogP contribution in [0.15, 0.2) is 29.3 Å². The molecule has 3 aromatic rings. The number of esters is 1. The number of thioether (sulfide) groups is 1. The third-order valence-electron chi connectivity index (χ3n) is 4.85. The van der Waals surface area contributed by atoms with Crippen LogP contribution >= 0.6 is 34.4 Å². The van der Waals surface area contributed by atoms with Crippen LogP contribution in [0.2, 0.25) is 0 Å². The Hall–Kier alpha value is -2.43. The number of carbonyl (C=O) groups is 2. The summed E-state index contributed by atoms with van der Waals surface area (Å²) in [7, 11) is 1.33. The highest BCUT2D eigenvalue weighted by molar-refractivity contribution is 7.99. The number of aryl methyl sites for hydroxylation is 2. The van der Waals surface area contributed by atoms with Gasteiger partial charge in [-0.3, -0.25) is 9.36 Å². The predicted octanol–water partition coefficient (Wildman–Crippen LogP) is 5.20. The van der Waals surface area contributed by atoms with E-state index in [0.29, 0.717) is 22.3 Å². The van der Waals surface area contributed by atoms with E-state index in [1.54, 1.807) is 23.5 Å². The number of thiophene rings is 2. The first-order valence-electron chi connectivity index (χ1n) is 10.2. The van der Waals surface area contributed by atoms with E-state index >= 15 is 0 Å². The second kappa shape index (κ2) is 10.9. The molecule has 0 saturated carbocycles. The first-order valence-corrected chi connectivity index (χ1v) is 12.9. The van der Waals surface area contributed by atoms with Gasteiger partial charge in [0.05, 0.1) is 18.4 Å². The monoisotopic (exact) mass is 490 g/mol. The molecule has 3 aromatic heterocycles. The summed E-state index contributed by atoms with van der Waals surface area (Å²) in [4.78, 5) is 26.9. The van der Waals surface area contributed by atoms with Gasteiger partial charge in [0, 0.05) is 27.2 Å². The number of nitrogens with zero attached hydrogens (tertiary/aromatic N) is 3. The highest BCUT2D eigenvalue weighted by Gasteiger charge is 2.21. The molecule has 0 aliphatic rings. The summed E-state index contributed by atoms with van der Waals surface area (Å²) < 4.78 is 6.81. The van der Waals surface area contributed by atoms with Gasteiger partial charge in [-0.1, -0.05) is 31.7 Å². The van der Waals surface area contributed by atoms with Gasteiger partial charge < -0.3 is 10.1 Å². The molecule has 1 N–H and O–H groups in total. The van der Waals surface area contributed by atoms with Crippen LogP contribution in [-0.2, 0) is 28.9 Å². The average Bonchev–Trinajstić information content (AvgIpc) is 3.48. The smallest absolute Gasteiger partial charge is 0.340 e. The molecule has 10 heteroatoms. The SMILES string of the molecule is C=CCn1c(SCC(=O)Nc2sc(CC)cc2C(=O)OC)nnc1-c1csc(C)c1CC. The van der Waals surface area contributed by atoms with E-state index in [2.05, 4.69) is 41.3 Å². The maximum Gasteiger partial charge on any atom is 0.340 e. The Kier molecular flexibility index (Phi) is 8.27. The number of methoxy groups -OCH3 is 1. The topological polar surface area (TPSA) is 86.1 Å². The number of anilines is 1. The molecule has 3 heterocycles. The third kappa shape index (κ3) is 5.13. The van der Waals surface area contributed by atoms with Crippen molar-refractivity contribution in [3.05, 3.63) is 45.0 Å². The second-order valence-electron chi connectivity index (χ2n) is 6.88. The molecule has 0 spiro atoms. The Balaban J connectivity index is 1.77. The Labute approximate surface area is 199 Å². The molecule has 0 atom stereocenters. The van der Waals surface area contributed by atoms with Gasteiger partial charge in [-0.15, -0.1) is 39.4 Å². The van der Waals surface area contributed by atoms with Crippen LogP contribution in [0.25, 0.3) is 11.4 Å². The van der Waals surface area contributed by atoms with Crippen molar-refractivity contribution >= 4 is 51.3 Å². The van der Waals surface area contributed by atoms with Crippen molar-refractivity contribution in [3.8, 4) is 11.4 Å². The number of ether oxygens (including phenoxy) is 1. The van der Waals surface area contributed by atoms with Gasteiger partial charge >= 0.3 is 5.97 Å². The number of hydrogen-bond donors (Lipinski definition) is 1. The molecule has 0 aliphatic carbocycles. The van der Waals surface area contributed by atoms with E-state index in [1.165, 1.54) is 40.6 Å². The quantitative estimate of drug-likeness (QED) is 0.239. The fourth-order valence-corrected chi connectivity index (χ4v) is 5.95. The third-order valence-corrected chi connectivity index (χ3v) is 7.96. The van der Waals surface area contributed by atoms with Crippen molar-refractivity contribution in [1.29, 1.82) is 0 Å². The molecule has 3 rings (SSSR count). The number of rotatable bonds is 10. The molecule has 0 bridgehead atoms. The molecule has 170 valence electrons. The van der Waals surface area contributed by atoms with Crippen molar-refractivity contribution < 1.29 is 14.3 Å². The lowest BCUT2D eigenvalue weighted by Gasteiger charge is -2.09. The van der Waals surface area contributed by atoms with E-state index in [-0.39, 0.29) is 11.7 Å². The lowest BCUT2D eigenvalue weighted by Crippen LogP contribution is -2.16. The molecular weight excluding hydrogens is 464 g/mol. The van der Waals surface area contributed by atoms with Crippen molar-refractivity contribution in [2.75, 3.05) is 18.2 Å². The summed E-state index contributed by atoms with van der Waals surface area (Å²) in [6.45, 7) is 10.6. The maximum absolute atomic E-state index is 12.6. The van der Waals surface area contributed by atoms with Gasteiger partial charge in [0.25, 0.3) is 0 Å². The fraction of sp³-hybridized carbons (Fsp3) is 0.364. The van der Waals surface area contributed by atoms with Crippen LogP contribution in [0.1, 0.15) is 39.5 Å². The molecule has 0 fully saturated rings. The lowest BCUT2D eigenvalue weighted by atomic mass is 10.1. The van der Waals surface area contributed by atoms with Crippen molar-refractivity contribution in [2.24, 2.45) is 0 Å². The highest BCUT2D eigenvalue weighted by Crippen LogP contribution is 2.33. The van der Waals surface area contributed by atoms with Gasteiger partial charge in [0.15, 0.2) is 11.0 Å². The fourth-order valence-electron chi connectivity index (χ4n) is 3.26. The Morgan fingerprint density at radius 1 is 1.31 bits per heavy atom. The number of allylic oxidation sites excluding steroid dienone is 1. The number of nitrogens with one attached hydrogen (secondary N) is 1. The number of amides is 1. The van der Waals surface area contributed by atoms with E-state index in [0.717, 1.165) is 29.1 Å². The van der Waals surface area contributed by atoms with Crippen molar-refractivity contribution in [1.82, 2.24) is 14.8 Å². The summed E-state index contributed by atoms with van der Waals surface area (Å²) in [5.74, 6) is 0.239. The Bertz CT molecular complexity index is 1130. The zero-order valence-electron chi connectivity index (χ0n) is 18.6. The minimum atomic E-state index is -0.461. The minimum Gasteiger partial charge on any atom is -0.465 e. The van der Waals surface area contributed by atoms with E-state index < -0.39 is 5.97 Å². The number of hydrogen-bond acceptors (Lipinski definition) is 8. The van der Waals surface area contributed by atoms with Gasteiger partial charge in [0.1, 0.15) is 5.00 Å². The summed E-state index contributed by atoms with van der Waals surface area (Å²) in [5.41, 5.74) is 2.72. The first kappa shape index (κ1) is 24.2. The average molecular weight is 491 g/mol. The zero-order chi connectivity index (χ0) is 23.3. The zero-order valence-corrected chi connectivity index (χ0v) is 21.0. The van der Waals surface area contributed by atoms with Crippen molar-refractivity contribution in [3.63, 3.8) is 0 Å². The van der Waals surface area contributed by atoms with Crippen LogP contribution < -0.4 is 5.32 Å². The Morgan fingerprint density at radius 2 is 2.09 bits per heavy atom. The highest BCUT2D eigenvalue weighted by atomic mass is 32.2. The number of aromatic nitrogens is 3. The number of carbonyl (C=O) groups excluding carboxylic acids is 2. The maximum atomic E-state index is 12.6. The molecule has 0 aromatic carbocycles. The molecular formula is C22H26N4O3S3. The van der Waals surface area contributed by atoms with Crippen LogP contribution in [0, 0.1) is 6.92 Å². The normalized spacial score (nSPS) is 10.9. The van der Waals surface area contributed by atoms with Crippen LogP contribution in [0.3, 0.4) is 0 Å². The summed E-state index contributed by atoms with van der Waals surface area (Å²) >= 11 is 4.39. The van der Waals surface area contributed by atoms with Gasteiger partial charge in [0.2, 0.25) is 5.91 Å². The molecule has 32 heavy (non-hydrogen) atoms. The molecule has 0 aliphatic heterocycles. The van der Waals surface area contributed by atoms with Gasteiger partial charge in [-0.25, -0.2) is 4.79 Å². The Morgan fingerprint density at radius 3 is 2.75 bits per heavy atom. The molecule has 7 nitrogen and oxygen atoms in total. The van der Waals surface area contributed by atoms with E-state index in [1.807, 2.05) is 11.5 Å². The van der Waals surface area contributed by atoms with E-state index in [9.17, 15) is 9.59 Å². The minimum absolute atomic E-state index is 0.137. The standard InChI is InChI=1S/C22H26N4O3S3/c1-6-9-26-19(17-11-30-13(4)15(17)8-3)24-25-22(26)31-12-18(27)23-20-16(21(28)29-5)10-14(7-2)32-20/h6,10-11H,1,7-9,12H2,2-5H3,(H,23,27). The lowest BCUT2D eigenvalue weighted by molar-refractivity contribution is -0.113. The molecule has 0 radical (unpaired) electrons. The van der Waals surface area contributed by atoms with Crippen LogP contribution in [-0.4, -0.2) is 39.5 Å². The molecule has 0 saturated heterocycles. The van der Waals surface area contributed by atoms with Gasteiger partial charge in [-0.05, 0) is 31.4 Å². The second-order valence-corrected chi connectivity index (χ2v) is 10.0. The largest absolute Gasteiger partial charge is 0.465 e. The van der Waals surface area contributed by atoms with Crippen LogP contribution in [0.4, 0.5) is 5.00 Å². The predicted molar refractivity (Wildman–Crippen MR) is 132 cm³/mol. The first-order chi connectivity index (χ1) is 15.4. The van der Waals surface area contributed by atoms with Crippen LogP contribution in [0.5, 0.6) is 0 Å². The van der Waals surface area contributed by atoms with E-state index in [4.69, 9.17) is 4.74 Å². The summed E-state index contributed by atoms with van der Waals surface area (Å²) in [6.07, 6.45) is 3.48. The summed E-state index contributed by atoms with van der Waals surface area (Å²) in [6, 6.07) is 1.76. The molecule has 1 amide bonds. The van der Waals surface area contributed by atoms with Crippen molar-refractivity contribution in [2.45, 2.75) is 45.3 Å². The molecule has 0 unspecified atom stereocenters. The van der Waals surface area contributed by atoms with Gasteiger partial charge in [-0.2, -0.15) is 0 Å². The summed E-state index contributed by atoms with van der Waals surface area (Å²) in [5, 5.41) is 14.9.